The van der Waals surface area contributed by atoms with Gasteiger partial charge in [0.2, 0.25) is 0 Å². The third kappa shape index (κ3) is 3.89. The van der Waals surface area contributed by atoms with Gasteiger partial charge in [0.15, 0.2) is 5.78 Å². The van der Waals surface area contributed by atoms with Gasteiger partial charge < -0.3 is 0 Å². The number of thiazole rings is 1. The third-order valence-corrected chi connectivity index (χ3v) is 5.07. The van der Waals surface area contributed by atoms with Crippen LogP contribution >= 0.6 is 49.9 Å². The molecule has 0 saturated carbocycles. The highest BCUT2D eigenvalue weighted by atomic mass is 127. The molecule has 0 amide bonds. The maximum atomic E-state index is 12.4. The first-order valence-electron chi connectivity index (χ1n) is 6.20. The topological polar surface area (TPSA) is 30.0 Å². The summed E-state index contributed by atoms with van der Waals surface area (Å²) >= 11 is 7.22. The molecular weight excluding hydrogens is 449 g/mol. The number of carbonyl (C=O) groups excluding carboxylic acids is 1. The molecule has 0 N–H and O–H groups in total. The smallest absolute Gasteiger partial charge is 0.170 e. The molecule has 2 nitrogen and oxygen atoms in total. The lowest BCUT2D eigenvalue weighted by atomic mass is 9.93. The van der Waals surface area contributed by atoms with Crippen molar-refractivity contribution in [2.75, 3.05) is 0 Å². The van der Waals surface area contributed by atoms with Crippen molar-refractivity contribution in [2.45, 2.75) is 32.6 Å². The van der Waals surface area contributed by atoms with E-state index in [2.05, 4.69) is 64.3 Å². The van der Waals surface area contributed by atoms with E-state index in [9.17, 15) is 4.79 Å². The van der Waals surface area contributed by atoms with Gasteiger partial charge in [-0.2, -0.15) is 0 Å². The number of benzene rings is 1. The number of hydrogen-bond acceptors (Lipinski definition) is 3. The van der Waals surface area contributed by atoms with Crippen molar-refractivity contribution in [1.82, 2.24) is 4.98 Å². The molecule has 0 aliphatic carbocycles. The van der Waals surface area contributed by atoms with Crippen LogP contribution in [0.3, 0.4) is 0 Å². The van der Waals surface area contributed by atoms with E-state index in [1.54, 1.807) is 11.3 Å². The molecule has 106 valence electrons. The zero-order valence-electron chi connectivity index (χ0n) is 11.5. The van der Waals surface area contributed by atoms with Crippen LogP contribution in [-0.4, -0.2) is 10.8 Å². The number of ketones is 1. The van der Waals surface area contributed by atoms with E-state index >= 15 is 0 Å². The fraction of sp³-hybridized carbons (Fsp3) is 0.333. The number of rotatable bonds is 3. The van der Waals surface area contributed by atoms with Gasteiger partial charge in [-0.15, -0.1) is 11.3 Å². The Morgan fingerprint density at radius 3 is 2.70 bits per heavy atom. The molecule has 0 spiro atoms. The van der Waals surface area contributed by atoms with E-state index in [0.29, 0.717) is 6.42 Å². The van der Waals surface area contributed by atoms with E-state index < -0.39 is 0 Å². The summed E-state index contributed by atoms with van der Waals surface area (Å²) in [6, 6.07) is 5.80. The monoisotopic (exact) mass is 463 g/mol. The summed E-state index contributed by atoms with van der Waals surface area (Å²) in [6.45, 7) is 6.39. The molecule has 0 bridgehead atoms. The maximum Gasteiger partial charge on any atom is 0.170 e. The predicted molar refractivity (Wildman–Crippen MR) is 95.7 cm³/mol. The maximum absolute atomic E-state index is 12.4. The molecule has 1 aromatic carbocycles. The predicted octanol–water partition coefficient (Wildman–Crippen LogP) is 5.23. The van der Waals surface area contributed by atoms with E-state index in [-0.39, 0.29) is 11.2 Å². The molecule has 0 saturated heterocycles. The first kappa shape index (κ1) is 16.1. The Morgan fingerprint density at radius 2 is 2.10 bits per heavy atom. The number of carbonyl (C=O) groups is 1. The van der Waals surface area contributed by atoms with Crippen LogP contribution in [0.2, 0.25) is 0 Å². The molecular formula is C15H15BrINOS. The van der Waals surface area contributed by atoms with Gasteiger partial charge in [-0.1, -0.05) is 36.7 Å². The fourth-order valence-corrected chi connectivity index (χ4v) is 3.66. The Morgan fingerprint density at radius 1 is 1.40 bits per heavy atom. The lowest BCUT2D eigenvalue weighted by molar-refractivity contribution is 0.0992. The van der Waals surface area contributed by atoms with Gasteiger partial charge in [0.05, 0.1) is 12.1 Å². The van der Waals surface area contributed by atoms with Crippen LogP contribution < -0.4 is 0 Å². The quantitative estimate of drug-likeness (QED) is 0.460. The van der Waals surface area contributed by atoms with Crippen LogP contribution in [0.15, 0.2) is 28.1 Å². The van der Waals surface area contributed by atoms with Gasteiger partial charge in [-0.05, 0) is 40.8 Å². The Balaban J connectivity index is 2.20. The normalized spacial score (nSPS) is 11.7. The van der Waals surface area contributed by atoms with Crippen LogP contribution in [0, 0.1) is 3.57 Å². The fourth-order valence-electron chi connectivity index (χ4n) is 1.68. The molecule has 0 aliphatic heterocycles. The summed E-state index contributed by atoms with van der Waals surface area (Å²) < 4.78 is 1.90. The molecule has 2 aromatic rings. The summed E-state index contributed by atoms with van der Waals surface area (Å²) in [6.07, 6.45) is 0.361. The molecule has 5 heteroatoms. The van der Waals surface area contributed by atoms with Crippen LogP contribution in [0.4, 0.5) is 0 Å². The molecule has 0 fully saturated rings. The second-order valence-corrected chi connectivity index (χ2v) is 8.64. The van der Waals surface area contributed by atoms with Gasteiger partial charge in [0.25, 0.3) is 0 Å². The molecule has 0 aliphatic rings. The van der Waals surface area contributed by atoms with Crippen molar-refractivity contribution in [1.29, 1.82) is 0 Å². The van der Waals surface area contributed by atoms with Crippen LogP contribution in [0.1, 0.15) is 41.8 Å². The molecule has 1 heterocycles. The van der Waals surface area contributed by atoms with Crippen LogP contribution in [0.5, 0.6) is 0 Å². The van der Waals surface area contributed by atoms with Crippen molar-refractivity contribution >= 4 is 55.6 Å². The van der Waals surface area contributed by atoms with E-state index in [4.69, 9.17) is 0 Å². The zero-order chi connectivity index (χ0) is 14.9. The Bertz CT molecular complexity index is 646. The summed E-state index contributed by atoms with van der Waals surface area (Å²) in [5.74, 6) is 0.102. The van der Waals surface area contributed by atoms with E-state index in [1.165, 1.54) is 0 Å². The average molecular weight is 464 g/mol. The van der Waals surface area contributed by atoms with Gasteiger partial charge >= 0.3 is 0 Å². The summed E-state index contributed by atoms with van der Waals surface area (Å²) in [5, 5.41) is 2.93. The number of halogens is 2. The lowest BCUT2D eigenvalue weighted by Gasteiger charge is -2.14. The number of Topliss-reactive ketones (excluding diaryl/α,β-unsaturated/α-hetero) is 1. The Hall–Kier alpha value is -0.270. The molecule has 0 unspecified atom stereocenters. The van der Waals surface area contributed by atoms with Crippen molar-refractivity contribution in [3.8, 4) is 0 Å². The van der Waals surface area contributed by atoms with Gasteiger partial charge in [0, 0.05) is 24.4 Å². The van der Waals surface area contributed by atoms with Crippen LogP contribution in [-0.2, 0) is 11.8 Å². The number of hydrogen-bond donors (Lipinski definition) is 0. The Labute approximate surface area is 145 Å². The minimum Gasteiger partial charge on any atom is -0.294 e. The van der Waals surface area contributed by atoms with Gasteiger partial charge in [0.1, 0.15) is 5.01 Å². The highest BCUT2D eigenvalue weighted by molar-refractivity contribution is 14.1. The van der Waals surface area contributed by atoms with Crippen molar-refractivity contribution in [3.05, 3.63) is 47.9 Å². The highest BCUT2D eigenvalue weighted by Gasteiger charge is 2.19. The molecule has 1 aromatic heterocycles. The lowest BCUT2D eigenvalue weighted by Crippen LogP contribution is -2.12. The largest absolute Gasteiger partial charge is 0.294 e. The van der Waals surface area contributed by atoms with Gasteiger partial charge in [-0.25, -0.2) is 4.98 Å². The first-order chi connectivity index (χ1) is 9.27. The highest BCUT2D eigenvalue weighted by Crippen LogP contribution is 2.26. The Kier molecular flexibility index (Phi) is 5.02. The van der Waals surface area contributed by atoms with E-state index in [0.717, 1.165) is 24.3 Å². The molecule has 0 atom stereocenters. The summed E-state index contributed by atoms with van der Waals surface area (Å²) in [4.78, 5) is 17.0. The third-order valence-electron chi connectivity index (χ3n) is 2.86. The first-order valence-corrected chi connectivity index (χ1v) is 8.95. The second kappa shape index (κ2) is 6.23. The number of aromatic nitrogens is 1. The summed E-state index contributed by atoms with van der Waals surface area (Å²) in [5.41, 5.74) is 1.80. The van der Waals surface area contributed by atoms with Crippen molar-refractivity contribution < 1.29 is 4.79 Å². The SMILES string of the molecule is CC(C)(C)c1csc(CC(=O)c2cc(I)ccc2Br)n1. The van der Waals surface area contributed by atoms with Crippen molar-refractivity contribution in [2.24, 2.45) is 0 Å². The molecule has 20 heavy (non-hydrogen) atoms. The summed E-state index contributed by atoms with van der Waals surface area (Å²) in [7, 11) is 0. The van der Waals surface area contributed by atoms with Gasteiger partial charge in [-0.3, -0.25) is 4.79 Å². The average Bonchev–Trinajstić information content (AvgIpc) is 2.80. The minimum absolute atomic E-state index is 0.0283. The zero-order valence-corrected chi connectivity index (χ0v) is 16.1. The number of nitrogens with zero attached hydrogens (tertiary/aromatic N) is 1. The van der Waals surface area contributed by atoms with E-state index in [1.807, 2.05) is 23.6 Å². The molecule has 2 rings (SSSR count). The standard InChI is InChI=1S/C15H15BrINOS/c1-15(2,3)13-8-20-14(18-13)7-12(19)10-6-9(17)4-5-11(10)16/h4-6,8H,7H2,1-3H3. The van der Waals surface area contributed by atoms with Crippen molar-refractivity contribution in [3.63, 3.8) is 0 Å². The molecule has 0 radical (unpaired) electrons. The van der Waals surface area contributed by atoms with Crippen LogP contribution in [0.25, 0.3) is 0 Å². The second-order valence-electron chi connectivity index (χ2n) is 5.60. The minimum atomic E-state index is 0.0283.